The topological polar surface area (TPSA) is 116 Å². The van der Waals surface area contributed by atoms with Crippen molar-refractivity contribution in [2.75, 3.05) is 0 Å². The highest BCUT2D eigenvalue weighted by Crippen LogP contribution is 2.50. The van der Waals surface area contributed by atoms with Gasteiger partial charge >= 0.3 is 11.9 Å². The standard InChI is InChI=1S/C34H31N2O7PS/c1-23(43-24(2)37)30-31(38)35(33(30)45)32(34(39)42-22-25-18-20-26(21-19-25)36(40)41)44(27-12-6-3-7-13-27,28-14-8-4-9-15-28)29-16-10-5-11-17-29/h3-21,23,30,33,45H,22H2,1-2H3. The van der Waals surface area contributed by atoms with Crippen molar-refractivity contribution in [2.45, 2.75) is 31.9 Å². The number of β-lactam (4-membered cyclic amide) rings is 1. The zero-order valence-electron chi connectivity index (χ0n) is 24.6. The van der Waals surface area contributed by atoms with E-state index in [1.54, 1.807) is 6.92 Å². The number of thiol groups is 1. The summed E-state index contributed by atoms with van der Waals surface area (Å²) in [6, 6.07) is 34.3. The lowest BCUT2D eigenvalue weighted by Crippen LogP contribution is -2.66. The fourth-order valence-electron chi connectivity index (χ4n) is 5.60. The van der Waals surface area contributed by atoms with E-state index in [0.717, 1.165) is 15.9 Å². The third kappa shape index (κ3) is 6.16. The highest BCUT2D eigenvalue weighted by atomic mass is 32.1. The van der Waals surface area contributed by atoms with E-state index in [-0.39, 0.29) is 17.7 Å². The Balaban J connectivity index is 1.76. The number of carbonyl (C=O) groups is 3. The van der Waals surface area contributed by atoms with Gasteiger partial charge in [0, 0.05) is 25.9 Å². The van der Waals surface area contributed by atoms with Crippen LogP contribution in [0.3, 0.4) is 0 Å². The lowest BCUT2D eigenvalue weighted by Gasteiger charge is -2.49. The average Bonchev–Trinajstić information content (AvgIpc) is 3.05. The summed E-state index contributed by atoms with van der Waals surface area (Å²) in [5, 5.41) is 12.8. The largest absolute Gasteiger partial charge is 0.462 e. The predicted molar refractivity (Wildman–Crippen MR) is 177 cm³/mol. The first-order valence-corrected chi connectivity index (χ1v) is 16.5. The summed E-state index contributed by atoms with van der Waals surface area (Å²) in [7, 11) is 0. The molecule has 1 amide bonds. The van der Waals surface area contributed by atoms with Gasteiger partial charge in [-0.1, -0.05) is 91.0 Å². The van der Waals surface area contributed by atoms with Gasteiger partial charge in [0.2, 0.25) is 5.91 Å². The average molecular weight is 643 g/mol. The van der Waals surface area contributed by atoms with Gasteiger partial charge in [-0.05, 0) is 40.5 Å². The number of rotatable bonds is 10. The van der Waals surface area contributed by atoms with Gasteiger partial charge in [-0.2, -0.15) is 12.6 Å². The molecule has 3 unspecified atom stereocenters. The van der Waals surface area contributed by atoms with Gasteiger partial charge in [0.05, 0.1) is 10.3 Å². The second-order valence-electron chi connectivity index (χ2n) is 10.5. The quantitative estimate of drug-likeness (QED) is 0.0680. The molecule has 3 atom stereocenters. The summed E-state index contributed by atoms with van der Waals surface area (Å²) in [5.41, 5.74) is 0.580. The van der Waals surface area contributed by atoms with Crippen LogP contribution < -0.4 is 15.9 Å². The van der Waals surface area contributed by atoms with Crippen molar-refractivity contribution in [2.24, 2.45) is 5.92 Å². The van der Waals surface area contributed by atoms with E-state index in [1.165, 1.54) is 36.1 Å². The normalized spacial score (nSPS) is 16.7. The van der Waals surface area contributed by atoms with E-state index in [1.807, 2.05) is 91.0 Å². The van der Waals surface area contributed by atoms with Crippen molar-refractivity contribution < 1.29 is 28.8 Å². The number of nitro groups is 1. The Morgan fingerprint density at radius 3 is 1.73 bits per heavy atom. The number of esters is 2. The predicted octanol–water partition coefficient (Wildman–Crippen LogP) is 4.43. The van der Waals surface area contributed by atoms with Crippen LogP contribution in [-0.4, -0.2) is 44.6 Å². The number of hydrogen-bond donors (Lipinski definition) is 1. The number of benzene rings is 4. The van der Waals surface area contributed by atoms with Gasteiger partial charge in [-0.3, -0.25) is 24.6 Å². The molecule has 0 spiro atoms. The lowest BCUT2D eigenvalue weighted by atomic mass is 9.92. The Labute approximate surface area is 266 Å². The first-order valence-electron chi connectivity index (χ1n) is 14.2. The summed E-state index contributed by atoms with van der Waals surface area (Å²) >= 11 is 4.81. The van der Waals surface area contributed by atoms with Gasteiger partial charge in [-0.15, -0.1) is 0 Å². The summed E-state index contributed by atoms with van der Waals surface area (Å²) in [4.78, 5) is 52.4. The van der Waals surface area contributed by atoms with Gasteiger partial charge in [0.1, 0.15) is 24.0 Å². The zero-order chi connectivity index (χ0) is 32.1. The third-order valence-corrected chi connectivity index (χ3v) is 12.4. The number of hydrogen-bond acceptors (Lipinski definition) is 8. The maximum Gasteiger partial charge on any atom is 0.356 e. The first kappa shape index (κ1) is 31.8. The Morgan fingerprint density at radius 2 is 1.33 bits per heavy atom. The van der Waals surface area contributed by atoms with E-state index in [9.17, 15) is 24.5 Å². The Kier molecular flexibility index (Phi) is 9.56. The van der Waals surface area contributed by atoms with Crippen LogP contribution >= 0.6 is 19.5 Å². The van der Waals surface area contributed by atoms with E-state index in [4.69, 9.17) is 22.1 Å². The molecule has 0 bridgehead atoms. The molecule has 11 heteroatoms. The van der Waals surface area contributed by atoms with Crippen molar-refractivity contribution >= 4 is 64.4 Å². The zero-order valence-corrected chi connectivity index (χ0v) is 26.3. The SMILES string of the molecule is CC(=O)OC(C)C1C(=O)N(C(C(=O)OCc2ccc([N+](=O)[O-])cc2)=P(c2ccccc2)(c2ccccc2)c2ccccc2)C1S. The van der Waals surface area contributed by atoms with Crippen LogP contribution in [0.4, 0.5) is 5.69 Å². The molecule has 0 radical (unpaired) electrons. The van der Waals surface area contributed by atoms with E-state index in [2.05, 4.69) is 0 Å². The molecule has 45 heavy (non-hydrogen) atoms. The number of likely N-dealkylation sites (tertiary alicyclic amines) is 1. The molecular formula is C34H31N2O7PS. The molecule has 0 saturated carbocycles. The Morgan fingerprint density at radius 1 is 0.867 bits per heavy atom. The number of non-ortho nitro benzene ring substituents is 1. The van der Waals surface area contributed by atoms with Crippen LogP contribution in [0.5, 0.6) is 0 Å². The minimum atomic E-state index is -3.14. The summed E-state index contributed by atoms with van der Waals surface area (Å²) in [6.07, 6.45) is -0.774. The molecule has 0 aliphatic carbocycles. The molecule has 0 aromatic heterocycles. The maximum atomic E-state index is 14.6. The smallest absolute Gasteiger partial charge is 0.356 e. The van der Waals surface area contributed by atoms with Gasteiger partial charge in [0.25, 0.3) is 5.69 Å². The molecule has 1 aliphatic heterocycles. The van der Waals surface area contributed by atoms with E-state index >= 15 is 0 Å². The number of ether oxygens (including phenoxy) is 2. The van der Waals surface area contributed by atoms with Crippen molar-refractivity contribution in [1.29, 1.82) is 0 Å². The minimum absolute atomic E-state index is 0.0865. The summed E-state index contributed by atoms with van der Waals surface area (Å²) < 4.78 is 11.3. The lowest BCUT2D eigenvalue weighted by molar-refractivity contribution is -0.384. The highest BCUT2D eigenvalue weighted by Gasteiger charge is 2.55. The third-order valence-electron chi connectivity index (χ3n) is 7.64. The van der Waals surface area contributed by atoms with Crippen molar-refractivity contribution in [3.8, 4) is 0 Å². The second kappa shape index (κ2) is 13.5. The molecule has 1 fully saturated rings. The van der Waals surface area contributed by atoms with Crippen LogP contribution in [0.2, 0.25) is 0 Å². The van der Waals surface area contributed by atoms with Crippen LogP contribution in [0.1, 0.15) is 19.4 Å². The minimum Gasteiger partial charge on any atom is -0.462 e. The molecule has 230 valence electrons. The first-order chi connectivity index (χ1) is 21.7. The molecule has 1 aliphatic rings. The molecule has 9 nitrogen and oxygen atoms in total. The molecule has 1 saturated heterocycles. The van der Waals surface area contributed by atoms with Crippen molar-refractivity contribution in [3.63, 3.8) is 0 Å². The number of nitrogens with zero attached hydrogens (tertiary/aromatic N) is 2. The van der Waals surface area contributed by atoms with Crippen LogP contribution in [0.25, 0.3) is 0 Å². The van der Waals surface area contributed by atoms with Gasteiger partial charge < -0.3 is 9.47 Å². The Hall–Kier alpha value is -4.66. The Bertz CT molecular complexity index is 1660. The van der Waals surface area contributed by atoms with Crippen molar-refractivity contribution in [3.05, 3.63) is 131 Å². The van der Waals surface area contributed by atoms with Crippen LogP contribution in [-0.2, 0) is 30.5 Å². The molecule has 4 aromatic carbocycles. The molecule has 5 rings (SSSR count). The molecule has 4 aromatic rings. The molecule has 0 N–H and O–H groups in total. The monoisotopic (exact) mass is 642 g/mol. The number of carbonyl (C=O) groups excluding carboxylic acids is 3. The van der Waals surface area contributed by atoms with Crippen LogP contribution in [0, 0.1) is 16.0 Å². The van der Waals surface area contributed by atoms with Gasteiger partial charge in [-0.25, -0.2) is 4.79 Å². The fraction of sp³-hybridized carbons (Fsp3) is 0.176. The van der Waals surface area contributed by atoms with Crippen molar-refractivity contribution in [1.82, 2.24) is 4.90 Å². The maximum absolute atomic E-state index is 14.6. The van der Waals surface area contributed by atoms with E-state index in [0.29, 0.717) is 5.56 Å². The highest BCUT2D eigenvalue weighted by molar-refractivity contribution is 7.96. The second-order valence-corrected chi connectivity index (χ2v) is 14.3. The summed E-state index contributed by atoms with van der Waals surface area (Å²) in [6.45, 7) is -0.427. The molecule has 1 heterocycles. The van der Waals surface area contributed by atoms with Crippen LogP contribution in [0.15, 0.2) is 115 Å². The number of amides is 1. The molecular weight excluding hydrogens is 611 g/mol. The van der Waals surface area contributed by atoms with E-state index < -0.39 is 47.1 Å². The van der Waals surface area contributed by atoms with Gasteiger partial charge in [0.15, 0.2) is 0 Å². The number of nitro benzene ring substituents is 1. The fourth-order valence-corrected chi connectivity index (χ4v) is 10.7. The summed E-state index contributed by atoms with van der Waals surface area (Å²) in [5.74, 6) is -2.47.